The number of nitrogens with zero attached hydrogens (tertiary/aromatic N) is 1. The topological polar surface area (TPSA) is 12.9 Å². The van der Waals surface area contributed by atoms with Crippen LogP contribution in [0.5, 0.6) is 0 Å². The molecule has 0 radical (unpaired) electrons. The standard InChI is InChI=1S/C12H12BrN/c1-8(2)9-3-4-12-10(7-9)11(13)5-6-14-12/h3-8H,1-2H3. The van der Waals surface area contributed by atoms with Crippen LogP contribution in [0.25, 0.3) is 10.9 Å². The number of hydrogen-bond acceptors (Lipinski definition) is 1. The fraction of sp³-hybridized carbons (Fsp3) is 0.250. The number of hydrogen-bond donors (Lipinski definition) is 0. The van der Waals surface area contributed by atoms with Gasteiger partial charge in [0.2, 0.25) is 0 Å². The molecule has 72 valence electrons. The average Bonchev–Trinajstić information content (AvgIpc) is 2.18. The van der Waals surface area contributed by atoms with Crippen LogP contribution in [0.4, 0.5) is 0 Å². The molecule has 1 heterocycles. The zero-order valence-electron chi connectivity index (χ0n) is 8.29. The second-order valence-corrected chi connectivity index (χ2v) is 4.58. The molecule has 0 aliphatic carbocycles. The minimum atomic E-state index is 0.562. The fourth-order valence-corrected chi connectivity index (χ4v) is 1.93. The number of rotatable bonds is 1. The first-order chi connectivity index (χ1) is 6.68. The number of fused-ring (bicyclic) bond motifs is 1. The number of halogens is 1. The molecule has 0 bridgehead atoms. The van der Waals surface area contributed by atoms with E-state index in [9.17, 15) is 0 Å². The predicted molar refractivity (Wildman–Crippen MR) is 63.5 cm³/mol. The smallest absolute Gasteiger partial charge is 0.0713 e. The Morgan fingerprint density at radius 1 is 1.21 bits per heavy atom. The minimum Gasteiger partial charge on any atom is -0.256 e. The summed E-state index contributed by atoms with van der Waals surface area (Å²) in [4.78, 5) is 4.31. The Morgan fingerprint density at radius 2 is 2.00 bits per heavy atom. The van der Waals surface area contributed by atoms with Crippen molar-refractivity contribution >= 4 is 26.8 Å². The molecule has 2 rings (SSSR count). The predicted octanol–water partition coefficient (Wildman–Crippen LogP) is 4.12. The van der Waals surface area contributed by atoms with E-state index in [0.717, 1.165) is 9.99 Å². The molecule has 0 amide bonds. The van der Waals surface area contributed by atoms with Crippen molar-refractivity contribution in [3.05, 3.63) is 40.5 Å². The van der Waals surface area contributed by atoms with Crippen molar-refractivity contribution in [1.29, 1.82) is 0 Å². The maximum Gasteiger partial charge on any atom is 0.0713 e. The lowest BCUT2D eigenvalue weighted by Gasteiger charge is -2.07. The molecule has 1 aromatic carbocycles. The van der Waals surface area contributed by atoms with Crippen molar-refractivity contribution in [3.8, 4) is 0 Å². The molecule has 0 aliphatic heterocycles. The maximum atomic E-state index is 4.31. The van der Waals surface area contributed by atoms with Crippen LogP contribution in [0.3, 0.4) is 0 Å². The quantitative estimate of drug-likeness (QED) is 0.741. The van der Waals surface area contributed by atoms with Crippen molar-refractivity contribution in [2.24, 2.45) is 0 Å². The highest BCUT2D eigenvalue weighted by molar-refractivity contribution is 9.10. The highest BCUT2D eigenvalue weighted by atomic mass is 79.9. The molecule has 1 nitrogen and oxygen atoms in total. The van der Waals surface area contributed by atoms with E-state index in [2.05, 4.69) is 53.0 Å². The zero-order valence-corrected chi connectivity index (χ0v) is 9.88. The molecule has 0 N–H and O–H groups in total. The van der Waals surface area contributed by atoms with E-state index in [1.807, 2.05) is 12.3 Å². The number of pyridine rings is 1. The van der Waals surface area contributed by atoms with Gasteiger partial charge in [0.05, 0.1) is 5.52 Å². The van der Waals surface area contributed by atoms with Gasteiger partial charge in [-0.05, 0) is 29.7 Å². The minimum absolute atomic E-state index is 0.562. The fourth-order valence-electron chi connectivity index (χ4n) is 1.49. The highest BCUT2D eigenvalue weighted by Gasteiger charge is 2.03. The van der Waals surface area contributed by atoms with Gasteiger partial charge in [-0.15, -0.1) is 0 Å². The molecule has 0 aliphatic rings. The Kier molecular flexibility index (Phi) is 2.55. The Bertz CT molecular complexity index is 463. The van der Waals surface area contributed by atoms with E-state index in [1.54, 1.807) is 0 Å². The molecule has 0 unspecified atom stereocenters. The van der Waals surface area contributed by atoms with Crippen LogP contribution in [0.2, 0.25) is 0 Å². The van der Waals surface area contributed by atoms with E-state index in [1.165, 1.54) is 10.9 Å². The van der Waals surface area contributed by atoms with Crippen LogP contribution in [-0.2, 0) is 0 Å². The van der Waals surface area contributed by atoms with E-state index >= 15 is 0 Å². The third-order valence-electron chi connectivity index (χ3n) is 2.38. The van der Waals surface area contributed by atoms with Crippen molar-refractivity contribution in [1.82, 2.24) is 4.98 Å². The third kappa shape index (κ3) is 1.67. The van der Waals surface area contributed by atoms with Crippen LogP contribution in [0.1, 0.15) is 25.3 Å². The van der Waals surface area contributed by atoms with Crippen LogP contribution in [-0.4, -0.2) is 4.98 Å². The second kappa shape index (κ2) is 3.70. The number of benzene rings is 1. The summed E-state index contributed by atoms with van der Waals surface area (Å²) in [6, 6.07) is 8.41. The second-order valence-electron chi connectivity index (χ2n) is 3.72. The van der Waals surface area contributed by atoms with Crippen LogP contribution in [0, 0.1) is 0 Å². The SMILES string of the molecule is CC(C)c1ccc2nccc(Br)c2c1. The molecule has 2 heteroatoms. The molecule has 1 aromatic heterocycles. The monoisotopic (exact) mass is 249 g/mol. The van der Waals surface area contributed by atoms with Crippen molar-refractivity contribution in [2.75, 3.05) is 0 Å². The first kappa shape index (κ1) is 9.66. The molecule has 0 saturated carbocycles. The van der Waals surface area contributed by atoms with Gasteiger partial charge < -0.3 is 0 Å². The summed E-state index contributed by atoms with van der Waals surface area (Å²) in [5.41, 5.74) is 2.40. The highest BCUT2D eigenvalue weighted by Crippen LogP contribution is 2.25. The number of aromatic nitrogens is 1. The summed E-state index contributed by atoms with van der Waals surface area (Å²) in [5.74, 6) is 0.562. The maximum absolute atomic E-state index is 4.31. The molecule has 2 aromatic rings. The summed E-state index contributed by atoms with van der Waals surface area (Å²) < 4.78 is 1.12. The van der Waals surface area contributed by atoms with Crippen LogP contribution in [0.15, 0.2) is 34.9 Å². The lowest BCUT2D eigenvalue weighted by Crippen LogP contribution is -1.88. The summed E-state index contributed by atoms with van der Waals surface area (Å²) in [5, 5.41) is 1.19. The largest absolute Gasteiger partial charge is 0.256 e. The van der Waals surface area contributed by atoms with E-state index in [-0.39, 0.29) is 0 Å². The van der Waals surface area contributed by atoms with Gasteiger partial charge in [0.15, 0.2) is 0 Å². The van der Waals surface area contributed by atoms with Gasteiger partial charge in [-0.3, -0.25) is 4.98 Å². The van der Waals surface area contributed by atoms with Gasteiger partial charge in [-0.1, -0.05) is 35.8 Å². The van der Waals surface area contributed by atoms with Gasteiger partial charge in [0, 0.05) is 16.1 Å². The summed E-state index contributed by atoms with van der Waals surface area (Å²) in [7, 11) is 0. The van der Waals surface area contributed by atoms with Gasteiger partial charge in [-0.2, -0.15) is 0 Å². The van der Waals surface area contributed by atoms with E-state index in [0.29, 0.717) is 5.92 Å². The first-order valence-electron chi connectivity index (χ1n) is 4.72. The molecular weight excluding hydrogens is 238 g/mol. The molecule has 0 saturated heterocycles. The molecule has 0 spiro atoms. The normalized spacial score (nSPS) is 11.1. The first-order valence-corrected chi connectivity index (χ1v) is 5.52. The van der Waals surface area contributed by atoms with Crippen molar-refractivity contribution in [3.63, 3.8) is 0 Å². The summed E-state index contributed by atoms with van der Waals surface area (Å²) >= 11 is 3.54. The van der Waals surface area contributed by atoms with Gasteiger partial charge >= 0.3 is 0 Å². The van der Waals surface area contributed by atoms with Gasteiger partial charge in [0.1, 0.15) is 0 Å². The lowest BCUT2D eigenvalue weighted by molar-refractivity contribution is 0.868. The molecular formula is C12H12BrN. The summed E-state index contributed by atoms with van der Waals surface area (Å²) in [6.45, 7) is 4.40. The third-order valence-corrected chi connectivity index (χ3v) is 3.07. The van der Waals surface area contributed by atoms with E-state index in [4.69, 9.17) is 0 Å². The van der Waals surface area contributed by atoms with Gasteiger partial charge in [0.25, 0.3) is 0 Å². The Balaban J connectivity index is 2.70. The van der Waals surface area contributed by atoms with Crippen LogP contribution >= 0.6 is 15.9 Å². The molecule has 0 atom stereocenters. The lowest BCUT2D eigenvalue weighted by atomic mass is 10.0. The van der Waals surface area contributed by atoms with Crippen molar-refractivity contribution < 1.29 is 0 Å². The Morgan fingerprint density at radius 3 is 2.71 bits per heavy atom. The average molecular weight is 250 g/mol. The van der Waals surface area contributed by atoms with Gasteiger partial charge in [-0.25, -0.2) is 0 Å². The zero-order chi connectivity index (χ0) is 10.1. The van der Waals surface area contributed by atoms with E-state index < -0.39 is 0 Å². The Labute approximate surface area is 92.3 Å². The Hall–Kier alpha value is -0.890. The summed E-state index contributed by atoms with van der Waals surface area (Å²) in [6.07, 6.45) is 1.82. The van der Waals surface area contributed by atoms with Crippen molar-refractivity contribution in [2.45, 2.75) is 19.8 Å². The van der Waals surface area contributed by atoms with Crippen LogP contribution < -0.4 is 0 Å². The molecule has 14 heavy (non-hydrogen) atoms. The molecule has 0 fully saturated rings.